The zero-order valence-electron chi connectivity index (χ0n) is 17.0. The lowest BCUT2D eigenvalue weighted by atomic mass is 9.91. The lowest BCUT2D eigenvalue weighted by Gasteiger charge is -2.22. The normalized spacial score (nSPS) is 19.5. The number of nitrogens with one attached hydrogen (secondary N) is 2. The number of thiophene rings is 1. The average Bonchev–Trinajstić information content (AvgIpc) is 3.43. The van der Waals surface area contributed by atoms with Crippen LogP contribution >= 0.6 is 11.3 Å². The van der Waals surface area contributed by atoms with Gasteiger partial charge in [0.05, 0.1) is 11.4 Å². The number of benzene rings is 1. The number of hydrogen-bond acceptors (Lipinski definition) is 7. The van der Waals surface area contributed by atoms with Gasteiger partial charge in [-0.25, -0.2) is 4.79 Å². The maximum absolute atomic E-state index is 13.1. The molecule has 1 atom stereocenters. The highest BCUT2D eigenvalue weighted by Gasteiger charge is 2.50. The van der Waals surface area contributed by atoms with E-state index in [0.29, 0.717) is 34.9 Å². The third kappa shape index (κ3) is 3.98. The van der Waals surface area contributed by atoms with E-state index in [1.54, 1.807) is 31.2 Å². The molecule has 0 spiro atoms. The van der Waals surface area contributed by atoms with Crippen molar-refractivity contribution < 1.29 is 28.7 Å². The molecule has 3 heterocycles. The van der Waals surface area contributed by atoms with E-state index < -0.39 is 17.5 Å². The van der Waals surface area contributed by atoms with Crippen molar-refractivity contribution >= 4 is 35.0 Å². The topological polar surface area (TPSA) is 114 Å². The lowest BCUT2D eigenvalue weighted by molar-refractivity contribution is -0.130. The van der Waals surface area contributed by atoms with Crippen molar-refractivity contribution in [3.8, 4) is 11.5 Å². The molecule has 4 amide bonds. The highest BCUT2D eigenvalue weighted by molar-refractivity contribution is 7.14. The molecule has 4 rings (SSSR count). The summed E-state index contributed by atoms with van der Waals surface area (Å²) in [5.74, 6) is 0.127. The molecule has 1 aromatic heterocycles. The van der Waals surface area contributed by atoms with E-state index in [1.165, 1.54) is 18.3 Å². The van der Waals surface area contributed by atoms with E-state index in [0.717, 1.165) is 9.78 Å². The van der Waals surface area contributed by atoms with Crippen molar-refractivity contribution in [3.63, 3.8) is 0 Å². The molecule has 10 heteroatoms. The van der Waals surface area contributed by atoms with Crippen LogP contribution in [0.4, 0.5) is 4.79 Å². The molecule has 2 aromatic rings. The number of carbonyl (C=O) groups is 4. The van der Waals surface area contributed by atoms with Crippen LogP contribution in [0.25, 0.3) is 0 Å². The molecule has 31 heavy (non-hydrogen) atoms. The number of amides is 4. The van der Waals surface area contributed by atoms with Crippen LogP contribution in [0.5, 0.6) is 11.5 Å². The number of nitrogens with zero attached hydrogens (tertiary/aromatic N) is 1. The first-order valence-electron chi connectivity index (χ1n) is 9.68. The summed E-state index contributed by atoms with van der Waals surface area (Å²) in [7, 11) is 0. The number of rotatable bonds is 7. The van der Waals surface area contributed by atoms with Gasteiger partial charge in [-0.15, -0.1) is 11.3 Å². The van der Waals surface area contributed by atoms with Gasteiger partial charge in [0.2, 0.25) is 12.7 Å². The van der Waals surface area contributed by atoms with Crippen LogP contribution in [-0.4, -0.2) is 48.4 Å². The SMILES string of the molecule is CC(=O)NCCc1ccc(C(=O)CN2C(=O)NC(C)(c3ccc4c(c3)OCO4)C2=O)s1. The molecular formula is C21H21N3O6S. The molecule has 162 valence electrons. The van der Waals surface area contributed by atoms with Gasteiger partial charge in [-0.1, -0.05) is 6.07 Å². The molecule has 2 aliphatic heterocycles. The fraction of sp³-hybridized carbons (Fsp3) is 0.333. The second kappa shape index (κ2) is 8.03. The summed E-state index contributed by atoms with van der Waals surface area (Å²) in [4.78, 5) is 51.6. The zero-order chi connectivity index (χ0) is 22.2. The summed E-state index contributed by atoms with van der Waals surface area (Å²) < 4.78 is 10.7. The second-order valence-corrected chi connectivity index (χ2v) is 8.60. The van der Waals surface area contributed by atoms with Gasteiger partial charge in [-0.3, -0.25) is 19.3 Å². The fourth-order valence-electron chi connectivity index (χ4n) is 3.49. The van der Waals surface area contributed by atoms with Gasteiger partial charge < -0.3 is 20.1 Å². The van der Waals surface area contributed by atoms with Gasteiger partial charge in [-0.05, 0) is 43.2 Å². The smallest absolute Gasteiger partial charge is 0.325 e. The minimum absolute atomic E-state index is 0.101. The van der Waals surface area contributed by atoms with Crippen LogP contribution in [0.15, 0.2) is 30.3 Å². The quantitative estimate of drug-likeness (QED) is 0.498. The predicted molar refractivity (Wildman–Crippen MR) is 111 cm³/mol. The van der Waals surface area contributed by atoms with Gasteiger partial charge in [-0.2, -0.15) is 0 Å². The van der Waals surface area contributed by atoms with Crippen molar-refractivity contribution in [3.05, 3.63) is 45.6 Å². The molecule has 0 aliphatic carbocycles. The molecule has 0 radical (unpaired) electrons. The highest BCUT2D eigenvalue weighted by Crippen LogP contribution is 2.37. The van der Waals surface area contributed by atoms with E-state index in [9.17, 15) is 19.2 Å². The molecule has 1 fully saturated rings. The predicted octanol–water partition coefficient (Wildman–Crippen LogP) is 1.81. The number of ether oxygens (including phenoxy) is 2. The van der Waals surface area contributed by atoms with Crippen LogP contribution in [0.1, 0.15) is 34.0 Å². The minimum atomic E-state index is -1.31. The summed E-state index contributed by atoms with van der Waals surface area (Å²) in [6, 6.07) is 7.89. The fourth-order valence-corrected chi connectivity index (χ4v) is 4.43. The Bertz CT molecular complexity index is 1080. The second-order valence-electron chi connectivity index (χ2n) is 7.44. The Labute approximate surface area is 182 Å². The molecule has 0 bridgehead atoms. The highest BCUT2D eigenvalue weighted by atomic mass is 32.1. The molecule has 2 aliphatic rings. The van der Waals surface area contributed by atoms with Crippen LogP contribution in [0.2, 0.25) is 0 Å². The Morgan fingerprint density at radius 3 is 2.74 bits per heavy atom. The standard InChI is InChI=1S/C21H21N3O6S/c1-12(25)22-8-7-14-4-6-18(31-14)15(26)10-24-19(27)21(2,23-20(24)28)13-3-5-16-17(9-13)30-11-29-16/h3-6,9H,7-8,10-11H2,1-2H3,(H,22,25)(H,23,28). The van der Waals surface area contributed by atoms with Crippen molar-refractivity contribution in [1.82, 2.24) is 15.5 Å². The van der Waals surface area contributed by atoms with E-state index in [4.69, 9.17) is 9.47 Å². The van der Waals surface area contributed by atoms with Crippen LogP contribution < -0.4 is 20.1 Å². The van der Waals surface area contributed by atoms with Crippen molar-refractivity contribution in [2.24, 2.45) is 0 Å². The van der Waals surface area contributed by atoms with E-state index in [-0.39, 0.29) is 25.0 Å². The number of Topliss-reactive ketones (excluding diaryl/α,β-unsaturated/α-hetero) is 1. The van der Waals surface area contributed by atoms with E-state index >= 15 is 0 Å². The lowest BCUT2D eigenvalue weighted by Crippen LogP contribution is -2.41. The van der Waals surface area contributed by atoms with Crippen LogP contribution in [0.3, 0.4) is 0 Å². The molecule has 0 saturated carbocycles. The van der Waals surface area contributed by atoms with Gasteiger partial charge >= 0.3 is 6.03 Å². The van der Waals surface area contributed by atoms with E-state index in [2.05, 4.69) is 10.6 Å². The summed E-state index contributed by atoms with van der Waals surface area (Å²) in [5.41, 5.74) is -0.765. The molecular weight excluding hydrogens is 422 g/mol. The van der Waals surface area contributed by atoms with Gasteiger partial charge in [0.25, 0.3) is 5.91 Å². The van der Waals surface area contributed by atoms with Gasteiger partial charge in [0.15, 0.2) is 17.3 Å². The third-order valence-corrected chi connectivity index (χ3v) is 6.39. The van der Waals surface area contributed by atoms with Gasteiger partial charge in [0.1, 0.15) is 5.54 Å². The van der Waals surface area contributed by atoms with Crippen molar-refractivity contribution in [2.45, 2.75) is 25.8 Å². The number of imide groups is 1. The third-order valence-electron chi connectivity index (χ3n) is 5.21. The number of ketones is 1. The number of fused-ring (bicyclic) bond motifs is 1. The Hall–Kier alpha value is -3.40. The van der Waals surface area contributed by atoms with Crippen LogP contribution in [0, 0.1) is 0 Å². The minimum Gasteiger partial charge on any atom is -0.454 e. The molecule has 9 nitrogen and oxygen atoms in total. The zero-order valence-corrected chi connectivity index (χ0v) is 17.8. The Morgan fingerprint density at radius 2 is 1.97 bits per heavy atom. The first-order valence-corrected chi connectivity index (χ1v) is 10.5. The molecule has 1 unspecified atom stereocenters. The summed E-state index contributed by atoms with van der Waals surface area (Å²) >= 11 is 1.29. The number of hydrogen-bond donors (Lipinski definition) is 2. The first-order chi connectivity index (χ1) is 14.8. The maximum atomic E-state index is 13.1. The molecule has 1 aromatic carbocycles. The summed E-state index contributed by atoms with van der Waals surface area (Å²) in [5, 5.41) is 5.39. The molecule has 1 saturated heterocycles. The van der Waals surface area contributed by atoms with Crippen LogP contribution in [-0.2, 0) is 21.5 Å². The molecule has 2 N–H and O–H groups in total. The Kier molecular flexibility index (Phi) is 5.40. The summed E-state index contributed by atoms with van der Waals surface area (Å²) in [6.45, 7) is 3.27. The Balaban J connectivity index is 1.45. The maximum Gasteiger partial charge on any atom is 0.325 e. The Morgan fingerprint density at radius 1 is 1.19 bits per heavy atom. The number of urea groups is 1. The number of carbonyl (C=O) groups excluding carboxylic acids is 4. The average molecular weight is 443 g/mol. The largest absolute Gasteiger partial charge is 0.454 e. The van der Waals surface area contributed by atoms with Crippen molar-refractivity contribution in [1.29, 1.82) is 0 Å². The summed E-state index contributed by atoms with van der Waals surface area (Å²) in [6.07, 6.45) is 0.600. The van der Waals surface area contributed by atoms with Crippen molar-refractivity contribution in [2.75, 3.05) is 19.9 Å². The van der Waals surface area contributed by atoms with Gasteiger partial charge in [0, 0.05) is 18.3 Å². The van der Waals surface area contributed by atoms with E-state index in [1.807, 2.05) is 6.07 Å². The monoisotopic (exact) mass is 443 g/mol. The first kappa shape index (κ1) is 20.9.